The molecule has 2 nitrogen and oxygen atoms in total. The van der Waals surface area contributed by atoms with E-state index in [0.29, 0.717) is 0 Å². The molecule has 0 aliphatic carbocycles. The van der Waals surface area contributed by atoms with Gasteiger partial charge in [0.15, 0.2) is 0 Å². The Morgan fingerprint density at radius 2 is 1.40 bits per heavy atom. The van der Waals surface area contributed by atoms with Gasteiger partial charge in [-0.3, -0.25) is 0 Å². The van der Waals surface area contributed by atoms with Gasteiger partial charge in [0.25, 0.3) is 0 Å². The van der Waals surface area contributed by atoms with E-state index in [-0.39, 0.29) is 5.60 Å². The second-order valence-corrected chi connectivity index (χ2v) is 7.26. The highest BCUT2D eigenvalue weighted by Gasteiger charge is 2.15. The van der Waals surface area contributed by atoms with Gasteiger partial charge in [-0.05, 0) is 50.6 Å². The van der Waals surface area contributed by atoms with Crippen LogP contribution in [0.4, 0.5) is 0 Å². The Morgan fingerprint density at radius 1 is 0.720 bits per heavy atom. The smallest absolute Gasteiger partial charge is 0.120 e. The van der Waals surface area contributed by atoms with Crippen LogP contribution in [-0.2, 0) is 0 Å². The normalized spacial score (nSPS) is 11.8. The summed E-state index contributed by atoms with van der Waals surface area (Å²) in [6.45, 7) is 6.19. The van der Waals surface area contributed by atoms with Crippen molar-refractivity contribution in [1.82, 2.24) is 4.98 Å². The van der Waals surface area contributed by atoms with E-state index in [0.717, 1.165) is 27.6 Å². The van der Waals surface area contributed by atoms with Crippen LogP contribution in [0.1, 0.15) is 20.8 Å². The van der Waals surface area contributed by atoms with Crippen LogP contribution in [0.3, 0.4) is 0 Å². The van der Waals surface area contributed by atoms with Gasteiger partial charge in [0.2, 0.25) is 0 Å². The quantitative estimate of drug-likeness (QED) is 0.407. The molecule has 3 aromatic carbocycles. The zero-order chi connectivity index (χ0) is 17.4. The minimum absolute atomic E-state index is 0.231. The van der Waals surface area contributed by atoms with Gasteiger partial charge in [-0.1, -0.05) is 48.5 Å². The van der Waals surface area contributed by atoms with Gasteiger partial charge >= 0.3 is 0 Å². The molecule has 0 saturated heterocycles. The topological polar surface area (TPSA) is 22.1 Å². The molecule has 4 rings (SSSR count). The first-order valence-corrected chi connectivity index (χ1v) is 8.58. The minimum atomic E-state index is -0.231. The molecule has 2 heteroatoms. The van der Waals surface area contributed by atoms with E-state index in [4.69, 9.17) is 9.72 Å². The lowest BCUT2D eigenvalue weighted by molar-refractivity contribution is 0.131. The number of ether oxygens (including phenoxy) is 1. The van der Waals surface area contributed by atoms with E-state index in [9.17, 15) is 0 Å². The van der Waals surface area contributed by atoms with Crippen LogP contribution in [0.2, 0.25) is 0 Å². The molecule has 0 aliphatic heterocycles. The Hall–Kier alpha value is -2.87. The van der Waals surface area contributed by atoms with Crippen LogP contribution in [0.5, 0.6) is 5.75 Å². The Bertz CT molecular complexity index is 1050. The van der Waals surface area contributed by atoms with Crippen LogP contribution < -0.4 is 4.74 Å². The molecule has 0 saturated carbocycles. The molecule has 0 fully saturated rings. The number of rotatable bonds is 2. The van der Waals surface area contributed by atoms with Crippen molar-refractivity contribution in [2.75, 3.05) is 0 Å². The van der Waals surface area contributed by atoms with Crippen molar-refractivity contribution in [2.24, 2.45) is 0 Å². The first-order valence-electron chi connectivity index (χ1n) is 8.58. The van der Waals surface area contributed by atoms with Crippen molar-refractivity contribution < 1.29 is 4.74 Å². The number of benzene rings is 3. The first-order chi connectivity index (χ1) is 12.0. The molecular formula is C23H21NO. The lowest BCUT2D eigenvalue weighted by Gasteiger charge is -2.22. The fraction of sp³-hybridized carbons (Fsp3) is 0.174. The molecule has 124 valence electrons. The maximum absolute atomic E-state index is 6.08. The van der Waals surface area contributed by atoms with Gasteiger partial charge in [0.05, 0.1) is 11.0 Å². The number of fused-ring (bicyclic) bond motifs is 2. The lowest BCUT2D eigenvalue weighted by atomic mass is 9.96. The zero-order valence-electron chi connectivity index (χ0n) is 14.8. The maximum atomic E-state index is 6.08. The van der Waals surface area contributed by atoms with Gasteiger partial charge in [-0.2, -0.15) is 0 Å². The zero-order valence-corrected chi connectivity index (χ0v) is 14.8. The van der Waals surface area contributed by atoms with E-state index in [1.54, 1.807) is 0 Å². The summed E-state index contributed by atoms with van der Waals surface area (Å²) in [7, 11) is 0. The molecular weight excluding hydrogens is 306 g/mol. The second-order valence-electron chi connectivity index (χ2n) is 7.26. The Balaban J connectivity index is 2.06. The summed E-state index contributed by atoms with van der Waals surface area (Å²) < 4.78 is 6.08. The number of nitrogens with zero attached hydrogens (tertiary/aromatic N) is 1. The monoisotopic (exact) mass is 327 g/mol. The van der Waals surface area contributed by atoms with Crippen molar-refractivity contribution >= 4 is 21.8 Å². The summed E-state index contributed by atoms with van der Waals surface area (Å²) in [5.74, 6) is 0.870. The van der Waals surface area contributed by atoms with Crippen LogP contribution in [-0.4, -0.2) is 10.6 Å². The SMILES string of the molecule is CC(C)(C)Oc1ccc2nc3ccccc3c(-c3ccccc3)c2c1. The van der Waals surface area contributed by atoms with Crippen molar-refractivity contribution in [1.29, 1.82) is 0 Å². The number of para-hydroxylation sites is 1. The molecule has 25 heavy (non-hydrogen) atoms. The predicted octanol–water partition coefficient (Wildman–Crippen LogP) is 6.23. The molecule has 0 unspecified atom stereocenters. The molecule has 0 aliphatic rings. The fourth-order valence-electron chi connectivity index (χ4n) is 3.20. The van der Waals surface area contributed by atoms with Crippen molar-refractivity contribution in [3.05, 3.63) is 72.8 Å². The van der Waals surface area contributed by atoms with Gasteiger partial charge < -0.3 is 4.74 Å². The highest BCUT2D eigenvalue weighted by atomic mass is 16.5. The van der Waals surface area contributed by atoms with E-state index >= 15 is 0 Å². The number of aromatic nitrogens is 1. The lowest BCUT2D eigenvalue weighted by Crippen LogP contribution is -2.22. The average Bonchev–Trinajstić information content (AvgIpc) is 2.59. The van der Waals surface area contributed by atoms with E-state index in [1.807, 2.05) is 18.2 Å². The molecule has 0 bridgehead atoms. The molecule has 1 heterocycles. The Morgan fingerprint density at radius 3 is 2.16 bits per heavy atom. The van der Waals surface area contributed by atoms with Crippen LogP contribution >= 0.6 is 0 Å². The minimum Gasteiger partial charge on any atom is -0.488 e. The molecule has 1 aromatic heterocycles. The van der Waals surface area contributed by atoms with Gasteiger partial charge in [0, 0.05) is 16.3 Å². The Kier molecular flexibility index (Phi) is 3.69. The predicted molar refractivity (Wildman–Crippen MR) is 105 cm³/mol. The first kappa shape index (κ1) is 15.6. The maximum Gasteiger partial charge on any atom is 0.120 e. The highest BCUT2D eigenvalue weighted by Crippen LogP contribution is 2.36. The standard InChI is InChI=1S/C23H21NO/c1-23(2,3)25-17-13-14-21-19(15-17)22(16-9-5-4-6-10-16)18-11-7-8-12-20(18)24-21/h4-15H,1-3H3. The van der Waals surface area contributed by atoms with E-state index in [2.05, 4.69) is 75.4 Å². The van der Waals surface area contributed by atoms with Crippen LogP contribution in [0.15, 0.2) is 72.8 Å². The van der Waals surface area contributed by atoms with Crippen molar-refractivity contribution in [3.63, 3.8) is 0 Å². The fourth-order valence-corrected chi connectivity index (χ4v) is 3.20. The molecule has 0 spiro atoms. The summed E-state index contributed by atoms with van der Waals surface area (Å²) in [4.78, 5) is 4.85. The third-order valence-corrected chi connectivity index (χ3v) is 4.14. The third-order valence-electron chi connectivity index (χ3n) is 4.14. The molecule has 0 amide bonds. The number of hydrogen-bond acceptors (Lipinski definition) is 2. The highest BCUT2D eigenvalue weighted by molar-refractivity contribution is 6.09. The van der Waals surface area contributed by atoms with E-state index in [1.165, 1.54) is 11.1 Å². The summed E-state index contributed by atoms with van der Waals surface area (Å²) in [6, 6.07) is 25.0. The molecule has 0 radical (unpaired) electrons. The molecule has 4 aromatic rings. The Labute approximate surface area is 148 Å². The van der Waals surface area contributed by atoms with Crippen molar-refractivity contribution in [2.45, 2.75) is 26.4 Å². The average molecular weight is 327 g/mol. The van der Waals surface area contributed by atoms with Crippen molar-refractivity contribution in [3.8, 4) is 16.9 Å². The van der Waals surface area contributed by atoms with Crippen LogP contribution in [0.25, 0.3) is 32.9 Å². The number of hydrogen-bond donors (Lipinski definition) is 0. The molecule has 0 atom stereocenters. The molecule has 0 N–H and O–H groups in total. The second kappa shape index (κ2) is 5.89. The van der Waals surface area contributed by atoms with E-state index < -0.39 is 0 Å². The summed E-state index contributed by atoms with van der Waals surface area (Å²) in [6.07, 6.45) is 0. The summed E-state index contributed by atoms with van der Waals surface area (Å²) >= 11 is 0. The van der Waals surface area contributed by atoms with Gasteiger partial charge in [0.1, 0.15) is 11.4 Å². The van der Waals surface area contributed by atoms with Gasteiger partial charge in [-0.25, -0.2) is 4.98 Å². The summed E-state index contributed by atoms with van der Waals surface area (Å²) in [5.41, 5.74) is 4.17. The number of pyridine rings is 1. The van der Waals surface area contributed by atoms with Gasteiger partial charge in [-0.15, -0.1) is 0 Å². The summed E-state index contributed by atoms with van der Waals surface area (Å²) in [5, 5.41) is 2.28. The van der Waals surface area contributed by atoms with Crippen LogP contribution in [0, 0.1) is 0 Å². The third kappa shape index (κ3) is 3.08. The largest absolute Gasteiger partial charge is 0.488 e.